The highest BCUT2D eigenvalue weighted by Crippen LogP contribution is 2.31. The second-order valence-electron chi connectivity index (χ2n) is 3.13. The number of nitrogen functional groups attached to an aromatic ring is 1. The maximum atomic E-state index is 10.4. The Labute approximate surface area is 85.9 Å². The molecule has 0 saturated heterocycles. The van der Waals surface area contributed by atoms with Gasteiger partial charge in [0, 0.05) is 22.9 Å². The van der Waals surface area contributed by atoms with Crippen LogP contribution in [0.1, 0.15) is 10.6 Å². The summed E-state index contributed by atoms with van der Waals surface area (Å²) in [7, 11) is 0. The molecule has 0 spiro atoms. The Hall–Kier alpha value is -2.23. The Morgan fingerprint density at radius 3 is 2.73 bits per heavy atom. The molecule has 15 heavy (non-hydrogen) atoms. The summed E-state index contributed by atoms with van der Waals surface area (Å²) in [4.78, 5) is 10.4. The van der Waals surface area contributed by atoms with Crippen molar-refractivity contribution in [1.82, 2.24) is 0 Å². The second kappa shape index (κ2) is 3.49. The molecule has 0 saturated carbocycles. The summed E-state index contributed by atoms with van der Waals surface area (Å²) in [6, 6.07) is 6.34. The molecule has 76 valence electrons. The van der Waals surface area contributed by atoms with Gasteiger partial charge in [-0.1, -0.05) is 0 Å². The van der Waals surface area contributed by atoms with Crippen LogP contribution in [-0.2, 0) is 0 Å². The second-order valence-corrected chi connectivity index (χ2v) is 3.13. The highest BCUT2D eigenvalue weighted by Gasteiger charge is 2.07. The number of phenols is 1. The maximum Gasteiger partial charge on any atom is 0.185 e. The predicted molar refractivity (Wildman–Crippen MR) is 55.6 cm³/mol. The third-order valence-electron chi connectivity index (χ3n) is 2.07. The molecule has 3 N–H and O–H groups in total. The van der Waals surface area contributed by atoms with Gasteiger partial charge in [0.1, 0.15) is 5.75 Å². The normalized spacial score (nSPS) is 10.1. The van der Waals surface area contributed by atoms with Crippen molar-refractivity contribution in [3.05, 3.63) is 36.3 Å². The van der Waals surface area contributed by atoms with Gasteiger partial charge >= 0.3 is 0 Å². The highest BCUT2D eigenvalue weighted by molar-refractivity contribution is 5.78. The van der Waals surface area contributed by atoms with Crippen molar-refractivity contribution in [2.75, 3.05) is 5.73 Å². The van der Waals surface area contributed by atoms with Crippen LogP contribution in [0.2, 0.25) is 0 Å². The number of hydrogen-bond acceptors (Lipinski definition) is 4. The van der Waals surface area contributed by atoms with Crippen LogP contribution in [0.4, 0.5) is 5.69 Å². The van der Waals surface area contributed by atoms with Gasteiger partial charge in [0.25, 0.3) is 0 Å². The van der Waals surface area contributed by atoms with E-state index >= 15 is 0 Å². The van der Waals surface area contributed by atoms with Crippen LogP contribution < -0.4 is 5.73 Å². The molecule has 0 unspecified atom stereocenters. The molecule has 2 rings (SSSR count). The minimum absolute atomic E-state index is 0.0632. The molecule has 0 aliphatic carbocycles. The Morgan fingerprint density at radius 1 is 1.33 bits per heavy atom. The van der Waals surface area contributed by atoms with E-state index in [0.29, 0.717) is 23.1 Å². The average molecular weight is 203 g/mol. The number of benzene rings is 1. The van der Waals surface area contributed by atoms with E-state index in [1.807, 2.05) is 0 Å². The smallest absolute Gasteiger partial charge is 0.185 e. The fourth-order valence-electron chi connectivity index (χ4n) is 1.35. The summed E-state index contributed by atoms with van der Waals surface area (Å²) in [5.41, 5.74) is 7.21. The van der Waals surface area contributed by atoms with Crippen LogP contribution >= 0.6 is 0 Å². The van der Waals surface area contributed by atoms with Crippen molar-refractivity contribution in [3.63, 3.8) is 0 Å². The molecule has 0 fully saturated rings. The van der Waals surface area contributed by atoms with Gasteiger partial charge < -0.3 is 15.3 Å². The molecule has 0 atom stereocenters. The minimum atomic E-state index is 0.0632. The van der Waals surface area contributed by atoms with Crippen LogP contribution in [0, 0.1) is 0 Å². The number of aldehydes is 1. The topological polar surface area (TPSA) is 76.5 Å². The number of hydrogen-bond donors (Lipinski definition) is 2. The van der Waals surface area contributed by atoms with Gasteiger partial charge in [0.05, 0.1) is 6.26 Å². The number of phenolic OH excluding ortho intramolecular Hbond substituents is 1. The molecular weight excluding hydrogens is 194 g/mol. The number of rotatable bonds is 2. The van der Waals surface area contributed by atoms with Crippen molar-refractivity contribution in [2.45, 2.75) is 0 Å². The summed E-state index contributed by atoms with van der Waals surface area (Å²) in [6.45, 7) is 0. The van der Waals surface area contributed by atoms with Crippen LogP contribution in [0.25, 0.3) is 11.1 Å². The van der Waals surface area contributed by atoms with E-state index in [2.05, 4.69) is 0 Å². The van der Waals surface area contributed by atoms with Crippen LogP contribution in [0.5, 0.6) is 5.75 Å². The lowest BCUT2D eigenvalue weighted by atomic mass is 10.1. The van der Waals surface area contributed by atoms with Crippen molar-refractivity contribution in [3.8, 4) is 16.9 Å². The first kappa shape index (κ1) is 9.33. The lowest BCUT2D eigenvalue weighted by molar-refractivity contribution is 0.110. The first-order valence-electron chi connectivity index (χ1n) is 4.33. The molecule has 1 aromatic carbocycles. The van der Waals surface area contributed by atoms with E-state index in [0.717, 1.165) is 0 Å². The first-order valence-corrected chi connectivity index (χ1v) is 4.33. The van der Waals surface area contributed by atoms with Gasteiger partial charge in [-0.05, 0) is 18.2 Å². The zero-order valence-corrected chi connectivity index (χ0v) is 7.81. The number of furan rings is 1. The average Bonchev–Trinajstić information content (AvgIpc) is 2.66. The third-order valence-corrected chi connectivity index (χ3v) is 2.07. The molecule has 2 aromatic rings. The molecule has 4 nitrogen and oxygen atoms in total. The van der Waals surface area contributed by atoms with Crippen molar-refractivity contribution in [2.24, 2.45) is 0 Å². The quantitative estimate of drug-likeness (QED) is 0.578. The summed E-state index contributed by atoms with van der Waals surface area (Å²) >= 11 is 0. The molecule has 0 aliphatic rings. The van der Waals surface area contributed by atoms with E-state index in [4.69, 9.17) is 10.2 Å². The number of carbonyl (C=O) groups excluding carboxylic acids is 1. The van der Waals surface area contributed by atoms with Crippen LogP contribution in [-0.4, -0.2) is 11.4 Å². The summed E-state index contributed by atoms with van der Waals surface area (Å²) in [5.74, 6) is 0.287. The van der Waals surface area contributed by atoms with Crippen LogP contribution in [0.15, 0.2) is 34.9 Å². The molecular formula is C11H9NO3. The Balaban J connectivity index is 2.49. The summed E-state index contributed by atoms with van der Waals surface area (Å²) in [5, 5.41) is 9.62. The SMILES string of the molecule is Nc1ccc(-c2coc(C=O)c2)c(O)c1. The van der Waals surface area contributed by atoms with Gasteiger partial charge in [-0.25, -0.2) is 0 Å². The van der Waals surface area contributed by atoms with Gasteiger partial charge in [-0.3, -0.25) is 4.79 Å². The third kappa shape index (κ3) is 1.69. The predicted octanol–water partition coefficient (Wildman–Crippen LogP) is 2.05. The van der Waals surface area contributed by atoms with E-state index in [1.165, 1.54) is 12.3 Å². The van der Waals surface area contributed by atoms with Crippen molar-refractivity contribution >= 4 is 12.0 Å². The van der Waals surface area contributed by atoms with Gasteiger partial charge in [0.2, 0.25) is 0 Å². The molecule has 0 bridgehead atoms. The molecule has 4 heteroatoms. The van der Waals surface area contributed by atoms with Crippen molar-refractivity contribution < 1.29 is 14.3 Å². The number of carbonyl (C=O) groups is 1. The van der Waals surface area contributed by atoms with E-state index < -0.39 is 0 Å². The number of anilines is 1. The number of nitrogens with two attached hydrogens (primary N) is 1. The first-order chi connectivity index (χ1) is 7.20. The summed E-state index contributed by atoms with van der Waals surface area (Å²) < 4.78 is 4.94. The van der Waals surface area contributed by atoms with E-state index in [1.54, 1.807) is 18.2 Å². The van der Waals surface area contributed by atoms with Gasteiger partial charge in [0.15, 0.2) is 12.0 Å². The summed E-state index contributed by atoms with van der Waals surface area (Å²) in [6.07, 6.45) is 2.02. The molecule has 1 heterocycles. The van der Waals surface area contributed by atoms with E-state index in [9.17, 15) is 9.90 Å². The Morgan fingerprint density at radius 2 is 2.13 bits per heavy atom. The van der Waals surface area contributed by atoms with Gasteiger partial charge in [-0.2, -0.15) is 0 Å². The molecule has 1 aromatic heterocycles. The van der Waals surface area contributed by atoms with E-state index in [-0.39, 0.29) is 11.5 Å². The fourth-order valence-corrected chi connectivity index (χ4v) is 1.35. The highest BCUT2D eigenvalue weighted by atomic mass is 16.3. The fraction of sp³-hybridized carbons (Fsp3) is 0. The van der Waals surface area contributed by atoms with Crippen molar-refractivity contribution in [1.29, 1.82) is 0 Å². The standard InChI is InChI=1S/C11H9NO3/c12-8-1-2-10(11(14)4-8)7-3-9(5-13)15-6-7/h1-6,14H,12H2. The zero-order chi connectivity index (χ0) is 10.8. The Kier molecular flexibility index (Phi) is 2.17. The number of aromatic hydroxyl groups is 1. The zero-order valence-electron chi connectivity index (χ0n) is 7.81. The lowest BCUT2D eigenvalue weighted by Crippen LogP contribution is -1.84. The largest absolute Gasteiger partial charge is 0.507 e. The molecule has 0 amide bonds. The van der Waals surface area contributed by atoms with Gasteiger partial charge in [-0.15, -0.1) is 0 Å². The van der Waals surface area contributed by atoms with Crippen LogP contribution in [0.3, 0.4) is 0 Å². The maximum absolute atomic E-state index is 10.4. The Bertz CT molecular complexity index is 502. The molecule has 0 aliphatic heterocycles. The monoisotopic (exact) mass is 203 g/mol. The molecule has 0 radical (unpaired) electrons. The lowest BCUT2D eigenvalue weighted by Gasteiger charge is -2.01. The minimum Gasteiger partial charge on any atom is -0.507 e.